The monoisotopic (exact) mass is 320 g/mol. The molecule has 1 aromatic rings. The second-order valence-electron chi connectivity index (χ2n) is 6.89. The molecule has 0 spiro atoms. The average molecular weight is 320 g/mol. The first kappa shape index (κ1) is 16.4. The van der Waals surface area contributed by atoms with Crippen molar-refractivity contribution in [3.63, 3.8) is 0 Å². The lowest BCUT2D eigenvalue weighted by atomic mass is 9.78. The zero-order valence-electron chi connectivity index (χ0n) is 13.6. The van der Waals surface area contributed by atoms with E-state index in [0.717, 1.165) is 12.0 Å². The number of rotatable bonds is 3. The van der Waals surface area contributed by atoms with Gasteiger partial charge in [-0.15, -0.1) is 0 Å². The van der Waals surface area contributed by atoms with Crippen molar-refractivity contribution in [2.45, 2.75) is 38.1 Å². The largest absolute Gasteiger partial charge is 0.381 e. The van der Waals surface area contributed by atoms with E-state index < -0.39 is 5.41 Å². The highest BCUT2D eigenvalue weighted by Crippen LogP contribution is 2.38. The van der Waals surface area contributed by atoms with Gasteiger partial charge in [0, 0.05) is 38.3 Å². The van der Waals surface area contributed by atoms with Crippen LogP contribution in [0, 0.1) is 11.2 Å². The van der Waals surface area contributed by atoms with E-state index in [0.29, 0.717) is 39.1 Å². The molecule has 1 aromatic carbocycles. The maximum absolute atomic E-state index is 13.1. The molecule has 2 fully saturated rings. The molecule has 2 aliphatic rings. The number of hydrogen-bond donors (Lipinski definition) is 1. The smallest absolute Gasteiger partial charge is 0.230 e. The molecule has 0 aromatic heterocycles. The van der Waals surface area contributed by atoms with E-state index in [4.69, 9.17) is 10.5 Å². The Bertz CT molecular complexity index is 555. The summed E-state index contributed by atoms with van der Waals surface area (Å²) in [6.45, 7) is 4.36. The van der Waals surface area contributed by atoms with Crippen LogP contribution in [0.3, 0.4) is 0 Å². The number of benzene rings is 1. The Balaban J connectivity index is 1.75. The zero-order valence-corrected chi connectivity index (χ0v) is 13.6. The molecule has 2 aliphatic heterocycles. The SMILES string of the molecule is CC1CC(c2ccc(F)cc2)CN1C(=O)C1(CN)CCOCC1. The number of nitrogens with zero attached hydrogens (tertiary/aromatic N) is 1. The van der Waals surface area contributed by atoms with Crippen molar-refractivity contribution >= 4 is 5.91 Å². The summed E-state index contributed by atoms with van der Waals surface area (Å²) < 4.78 is 18.5. The lowest BCUT2D eigenvalue weighted by Crippen LogP contribution is -2.51. The van der Waals surface area contributed by atoms with Crippen LogP contribution in [0.1, 0.15) is 37.7 Å². The molecule has 2 heterocycles. The van der Waals surface area contributed by atoms with Crippen molar-refractivity contribution in [2.75, 3.05) is 26.3 Å². The summed E-state index contributed by atoms with van der Waals surface area (Å²) in [5.74, 6) is 0.210. The van der Waals surface area contributed by atoms with Crippen LogP contribution in [0.2, 0.25) is 0 Å². The van der Waals surface area contributed by atoms with Crippen molar-refractivity contribution in [3.05, 3.63) is 35.6 Å². The molecule has 5 heteroatoms. The summed E-state index contributed by atoms with van der Waals surface area (Å²) in [5, 5.41) is 0. The van der Waals surface area contributed by atoms with E-state index in [9.17, 15) is 9.18 Å². The number of carbonyl (C=O) groups is 1. The Morgan fingerprint density at radius 1 is 1.35 bits per heavy atom. The molecule has 0 aliphatic carbocycles. The fourth-order valence-corrected chi connectivity index (χ4v) is 3.86. The number of ether oxygens (including phenoxy) is 1. The third kappa shape index (κ3) is 3.12. The molecule has 126 valence electrons. The molecule has 2 unspecified atom stereocenters. The summed E-state index contributed by atoms with van der Waals surface area (Å²) >= 11 is 0. The normalized spacial score (nSPS) is 27.2. The molecule has 2 saturated heterocycles. The lowest BCUT2D eigenvalue weighted by Gasteiger charge is -2.39. The maximum atomic E-state index is 13.1. The highest BCUT2D eigenvalue weighted by atomic mass is 19.1. The van der Waals surface area contributed by atoms with Gasteiger partial charge in [-0.05, 0) is 43.9 Å². The van der Waals surface area contributed by atoms with Crippen LogP contribution in [-0.4, -0.2) is 43.2 Å². The molecular formula is C18H25FN2O2. The van der Waals surface area contributed by atoms with Crippen molar-refractivity contribution in [1.29, 1.82) is 0 Å². The Morgan fingerprint density at radius 3 is 2.61 bits per heavy atom. The minimum atomic E-state index is -0.468. The summed E-state index contributed by atoms with van der Waals surface area (Å²) in [6, 6.07) is 6.82. The van der Waals surface area contributed by atoms with E-state index in [1.165, 1.54) is 12.1 Å². The van der Waals surface area contributed by atoms with Gasteiger partial charge in [-0.25, -0.2) is 4.39 Å². The third-order valence-electron chi connectivity index (χ3n) is 5.47. The van der Waals surface area contributed by atoms with Gasteiger partial charge in [0.25, 0.3) is 0 Å². The quantitative estimate of drug-likeness (QED) is 0.929. The van der Waals surface area contributed by atoms with Crippen LogP contribution < -0.4 is 5.73 Å². The average Bonchev–Trinajstić information content (AvgIpc) is 2.97. The Morgan fingerprint density at radius 2 is 2.00 bits per heavy atom. The minimum Gasteiger partial charge on any atom is -0.381 e. The minimum absolute atomic E-state index is 0.167. The number of amides is 1. The van der Waals surface area contributed by atoms with Gasteiger partial charge in [-0.2, -0.15) is 0 Å². The molecule has 23 heavy (non-hydrogen) atoms. The molecule has 0 saturated carbocycles. The maximum Gasteiger partial charge on any atom is 0.230 e. The van der Waals surface area contributed by atoms with Crippen LogP contribution in [-0.2, 0) is 9.53 Å². The van der Waals surface area contributed by atoms with E-state index in [-0.39, 0.29) is 23.7 Å². The van der Waals surface area contributed by atoms with Gasteiger partial charge in [0.15, 0.2) is 0 Å². The summed E-state index contributed by atoms with van der Waals surface area (Å²) in [5.41, 5.74) is 6.60. The Labute approximate surface area is 136 Å². The second-order valence-corrected chi connectivity index (χ2v) is 6.89. The highest BCUT2D eigenvalue weighted by Gasteiger charge is 2.45. The fourth-order valence-electron chi connectivity index (χ4n) is 3.86. The van der Waals surface area contributed by atoms with Crippen LogP contribution in [0.15, 0.2) is 24.3 Å². The number of likely N-dealkylation sites (tertiary alicyclic amines) is 1. The predicted octanol–water partition coefficient (Wildman–Crippen LogP) is 2.29. The van der Waals surface area contributed by atoms with E-state index in [1.807, 2.05) is 17.0 Å². The van der Waals surface area contributed by atoms with Crippen molar-refractivity contribution in [2.24, 2.45) is 11.1 Å². The number of carbonyl (C=O) groups excluding carboxylic acids is 1. The first-order valence-electron chi connectivity index (χ1n) is 8.40. The molecule has 0 radical (unpaired) electrons. The Hall–Kier alpha value is -1.46. The van der Waals surface area contributed by atoms with Crippen LogP contribution >= 0.6 is 0 Å². The topological polar surface area (TPSA) is 55.6 Å². The van der Waals surface area contributed by atoms with Gasteiger partial charge in [-0.3, -0.25) is 4.79 Å². The predicted molar refractivity (Wildman–Crippen MR) is 86.5 cm³/mol. The lowest BCUT2D eigenvalue weighted by molar-refractivity contribution is -0.147. The van der Waals surface area contributed by atoms with Crippen molar-refractivity contribution in [1.82, 2.24) is 4.90 Å². The standard InChI is InChI=1S/C18H25FN2O2/c1-13-10-15(14-2-4-16(19)5-3-14)11-21(13)17(22)18(12-20)6-8-23-9-7-18/h2-5,13,15H,6-12,20H2,1H3. The summed E-state index contributed by atoms with van der Waals surface area (Å²) in [4.78, 5) is 15.1. The molecule has 2 N–H and O–H groups in total. The van der Waals surface area contributed by atoms with E-state index >= 15 is 0 Å². The first-order chi connectivity index (χ1) is 11.1. The second kappa shape index (κ2) is 6.57. The van der Waals surface area contributed by atoms with Gasteiger partial charge in [0.2, 0.25) is 5.91 Å². The van der Waals surface area contributed by atoms with Gasteiger partial charge in [0.05, 0.1) is 5.41 Å². The van der Waals surface area contributed by atoms with Crippen LogP contribution in [0.25, 0.3) is 0 Å². The van der Waals surface area contributed by atoms with Gasteiger partial charge in [0.1, 0.15) is 5.82 Å². The number of nitrogens with two attached hydrogens (primary N) is 1. The van der Waals surface area contributed by atoms with E-state index in [2.05, 4.69) is 6.92 Å². The van der Waals surface area contributed by atoms with Crippen molar-refractivity contribution < 1.29 is 13.9 Å². The van der Waals surface area contributed by atoms with Gasteiger partial charge in [-0.1, -0.05) is 12.1 Å². The van der Waals surface area contributed by atoms with Crippen molar-refractivity contribution in [3.8, 4) is 0 Å². The van der Waals surface area contributed by atoms with E-state index in [1.54, 1.807) is 0 Å². The summed E-state index contributed by atoms with van der Waals surface area (Å²) in [7, 11) is 0. The number of halogens is 1. The van der Waals surface area contributed by atoms with Crippen LogP contribution in [0.5, 0.6) is 0 Å². The van der Waals surface area contributed by atoms with Crippen LogP contribution in [0.4, 0.5) is 4.39 Å². The molecular weight excluding hydrogens is 295 g/mol. The zero-order chi connectivity index (χ0) is 16.4. The molecule has 2 atom stereocenters. The molecule has 4 nitrogen and oxygen atoms in total. The Kier molecular flexibility index (Phi) is 4.69. The molecule has 3 rings (SSSR count). The molecule has 1 amide bonds. The summed E-state index contributed by atoms with van der Waals surface area (Å²) in [6.07, 6.45) is 2.31. The third-order valence-corrected chi connectivity index (χ3v) is 5.47. The highest BCUT2D eigenvalue weighted by molar-refractivity contribution is 5.84. The van der Waals surface area contributed by atoms with Gasteiger partial charge < -0.3 is 15.4 Å². The van der Waals surface area contributed by atoms with Gasteiger partial charge >= 0.3 is 0 Å². The number of hydrogen-bond acceptors (Lipinski definition) is 3. The molecule has 0 bridgehead atoms. The fraction of sp³-hybridized carbons (Fsp3) is 0.611. The first-order valence-corrected chi connectivity index (χ1v) is 8.40.